The molecule has 0 radical (unpaired) electrons. The minimum atomic E-state index is 0.920. The Bertz CT molecular complexity index is 1100. The van der Waals surface area contributed by atoms with E-state index in [0.717, 1.165) is 61.0 Å². The van der Waals surface area contributed by atoms with Crippen molar-refractivity contribution >= 4 is 11.4 Å². The van der Waals surface area contributed by atoms with Crippen LogP contribution in [0.1, 0.15) is 141 Å². The number of nitrogens with zero attached hydrogens (tertiary/aromatic N) is 2. The predicted octanol–water partition coefficient (Wildman–Crippen LogP) is 12.6. The summed E-state index contributed by atoms with van der Waals surface area (Å²) in [5.41, 5.74) is 21.1. The number of hydrogen-bond donors (Lipinski definition) is 0. The fraction of sp³-hybridized carbons (Fsp3) is 0.579. The van der Waals surface area contributed by atoms with Gasteiger partial charge in [0.1, 0.15) is 0 Å². The van der Waals surface area contributed by atoms with Crippen molar-refractivity contribution in [2.75, 3.05) is 0 Å². The van der Waals surface area contributed by atoms with Crippen LogP contribution in [0.4, 0.5) is 0 Å². The molecular weight excluding hydrogens is 543 g/mol. The van der Waals surface area contributed by atoms with Crippen molar-refractivity contribution in [1.29, 1.82) is 0 Å². The van der Waals surface area contributed by atoms with Crippen LogP contribution in [0.15, 0.2) is 59.7 Å². The molecular formula is C38H58N2Ni. The van der Waals surface area contributed by atoms with E-state index >= 15 is 0 Å². The third kappa shape index (κ3) is 11.3. The van der Waals surface area contributed by atoms with E-state index in [1.807, 2.05) is 14.4 Å². The molecule has 2 aromatic rings. The fourth-order valence-corrected chi connectivity index (χ4v) is 6.66. The molecule has 1 heterocycles. The minimum absolute atomic E-state index is 0.920. The zero-order valence-electron chi connectivity index (χ0n) is 27.1. The normalized spacial score (nSPS) is 13.3. The van der Waals surface area contributed by atoms with Crippen LogP contribution in [-0.2, 0) is 27.3 Å². The summed E-state index contributed by atoms with van der Waals surface area (Å²) < 4.78 is 1.50. The summed E-state index contributed by atoms with van der Waals surface area (Å²) in [7, 11) is 0. The van der Waals surface area contributed by atoms with Crippen molar-refractivity contribution in [3.05, 3.63) is 87.5 Å². The van der Waals surface area contributed by atoms with Gasteiger partial charge in [-0.05, 0) is 80.3 Å². The average Bonchev–Trinajstić information content (AvgIpc) is 3.29. The molecule has 3 rings (SSSR count). The second-order valence-electron chi connectivity index (χ2n) is 11.2. The second kappa shape index (κ2) is 20.8. The molecule has 0 saturated heterocycles. The molecule has 41 heavy (non-hydrogen) atoms. The summed E-state index contributed by atoms with van der Waals surface area (Å²) in [4.78, 5) is 0. The molecule has 0 saturated carbocycles. The van der Waals surface area contributed by atoms with E-state index < -0.39 is 0 Å². The van der Waals surface area contributed by atoms with Gasteiger partial charge in [-0.3, -0.25) is 0 Å². The molecule has 0 fully saturated rings. The molecule has 0 amide bonds. The third-order valence-corrected chi connectivity index (χ3v) is 9.08. The first-order valence-corrected chi connectivity index (χ1v) is 18.0. The van der Waals surface area contributed by atoms with Gasteiger partial charge in [-0.25, -0.2) is 4.70 Å². The molecule has 0 aromatic heterocycles. The van der Waals surface area contributed by atoms with Crippen LogP contribution in [0.2, 0.25) is 10.8 Å². The van der Waals surface area contributed by atoms with Crippen LogP contribution in [0.3, 0.4) is 0 Å². The van der Waals surface area contributed by atoms with E-state index in [9.17, 15) is 5.53 Å². The number of unbranched alkanes of at least 4 members (excludes halogenated alkanes) is 5. The number of aryl methyl sites for hydroxylation is 2. The summed E-state index contributed by atoms with van der Waals surface area (Å²) in [5.74, 6) is 0. The van der Waals surface area contributed by atoms with Crippen LogP contribution in [0, 0.1) is 0 Å². The van der Waals surface area contributed by atoms with Gasteiger partial charge in [0, 0.05) is 22.3 Å². The van der Waals surface area contributed by atoms with E-state index in [1.54, 1.807) is 0 Å². The van der Waals surface area contributed by atoms with Crippen LogP contribution < -0.4 is 0 Å². The van der Waals surface area contributed by atoms with Gasteiger partial charge in [-0.1, -0.05) is 71.2 Å². The average molecular weight is 602 g/mol. The molecule has 0 N–H and O–H groups in total. The Hall–Kier alpha value is -1.99. The topological polar surface area (TPSA) is 25.3 Å². The van der Waals surface area contributed by atoms with Crippen LogP contribution >= 0.6 is 0 Å². The predicted molar refractivity (Wildman–Crippen MR) is 177 cm³/mol. The Kier molecular flexibility index (Phi) is 17.9. The first-order valence-electron chi connectivity index (χ1n) is 16.6. The van der Waals surface area contributed by atoms with Gasteiger partial charge in [0.05, 0.1) is 0 Å². The zero-order chi connectivity index (χ0) is 29.9. The van der Waals surface area contributed by atoms with Crippen molar-refractivity contribution in [2.45, 2.75) is 142 Å². The molecule has 1 aliphatic heterocycles. The molecule has 3 heteroatoms. The molecule has 2 aromatic carbocycles. The summed E-state index contributed by atoms with van der Waals surface area (Å²) in [6.07, 6.45) is 16.7. The number of rotatable bonds is 18. The second-order valence-corrected chi connectivity index (χ2v) is 12.7. The van der Waals surface area contributed by atoms with Crippen molar-refractivity contribution in [2.24, 2.45) is 0 Å². The Morgan fingerprint density at radius 3 is 1.44 bits per heavy atom. The Labute approximate surface area is 259 Å². The third-order valence-electron chi connectivity index (χ3n) is 7.69. The first kappa shape index (κ1) is 35.2. The fourth-order valence-electron chi connectivity index (χ4n) is 5.22. The Morgan fingerprint density at radius 1 is 0.561 bits per heavy atom. The standard InChI is InChI=1S/C30H40N2.2C4H9.Ni/c1-5-9-14-23-16-12-18-25(21-23)29-27(8-4)28(20-11-7-3)30(32(29)31)26-19-13-17-24(22-26)15-10-6-2;2*1-3-4-2;/h12-13,16-19,21-22H,5-11,14-15,20H2,1-4H3;2*1,3-4H2,2H3;. The van der Waals surface area contributed by atoms with Gasteiger partial charge in [-0.15, -0.1) is 0 Å². The van der Waals surface area contributed by atoms with E-state index in [-0.39, 0.29) is 0 Å². The van der Waals surface area contributed by atoms with E-state index in [4.69, 9.17) is 0 Å². The Balaban J connectivity index is 0.000000564. The molecule has 0 spiro atoms. The monoisotopic (exact) mass is 600 g/mol. The van der Waals surface area contributed by atoms with Gasteiger partial charge in [0.2, 0.25) is 11.4 Å². The van der Waals surface area contributed by atoms with Crippen molar-refractivity contribution in [3.8, 4) is 0 Å². The number of allylic oxidation sites excluding steroid dienone is 2. The molecule has 1 aliphatic rings. The molecule has 230 valence electrons. The van der Waals surface area contributed by atoms with Gasteiger partial charge < -0.3 is 5.53 Å². The van der Waals surface area contributed by atoms with Crippen molar-refractivity contribution < 1.29 is 19.1 Å². The molecule has 0 bridgehead atoms. The van der Waals surface area contributed by atoms with E-state index in [1.165, 1.54) is 89.1 Å². The van der Waals surface area contributed by atoms with Gasteiger partial charge in [0.15, 0.2) is 0 Å². The number of benzene rings is 2. The van der Waals surface area contributed by atoms with Crippen LogP contribution in [0.5, 0.6) is 0 Å². The van der Waals surface area contributed by atoms with Crippen molar-refractivity contribution in [1.82, 2.24) is 0 Å². The van der Waals surface area contributed by atoms with E-state index in [0.29, 0.717) is 0 Å². The zero-order valence-corrected chi connectivity index (χ0v) is 28.1. The molecule has 0 aliphatic carbocycles. The molecule has 0 atom stereocenters. The first-order chi connectivity index (χ1) is 20.1. The maximum absolute atomic E-state index is 11.6. The maximum atomic E-state index is 11.6. The SMILES string of the molecule is CCCCC1=C(c2cccc(CCCC)c2)[N+](=[N-])C(c2cccc(CCCC)c2)=C1CC.CCC[CH2][Ni][CH2]CCC. The summed E-state index contributed by atoms with van der Waals surface area (Å²) in [6, 6.07) is 17.6. The van der Waals surface area contributed by atoms with E-state index in [2.05, 4.69) is 90.1 Å². The number of hydrogen-bond acceptors (Lipinski definition) is 0. The van der Waals surface area contributed by atoms with Gasteiger partial charge in [-0.2, -0.15) is 0 Å². The van der Waals surface area contributed by atoms with Crippen LogP contribution in [0.25, 0.3) is 16.9 Å². The summed E-state index contributed by atoms with van der Waals surface area (Å²) in [6.45, 7) is 13.4. The van der Waals surface area contributed by atoms with Gasteiger partial charge in [0.25, 0.3) is 0 Å². The molecule has 2 nitrogen and oxygen atoms in total. The quantitative estimate of drug-likeness (QED) is 0.0923. The summed E-state index contributed by atoms with van der Waals surface area (Å²) in [5, 5.41) is 2.78. The summed E-state index contributed by atoms with van der Waals surface area (Å²) >= 11 is 1.94. The van der Waals surface area contributed by atoms with Gasteiger partial charge >= 0.3 is 64.8 Å². The Morgan fingerprint density at radius 2 is 1.00 bits per heavy atom. The molecule has 0 unspecified atom stereocenters. The van der Waals surface area contributed by atoms with Crippen molar-refractivity contribution in [3.63, 3.8) is 0 Å². The van der Waals surface area contributed by atoms with Crippen LogP contribution in [-0.4, -0.2) is 4.70 Å².